The summed E-state index contributed by atoms with van der Waals surface area (Å²) in [6.07, 6.45) is 0. The minimum absolute atomic E-state index is 0.312. The highest BCUT2D eigenvalue weighted by atomic mass is 15.2. The highest BCUT2D eigenvalue weighted by molar-refractivity contribution is 5.42. The summed E-state index contributed by atoms with van der Waals surface area (Å²) >= 11 is 0. The Morgan fingerprint density at radius 1 is 1.00 bits per heavy atom. The first-order valence-corrected chi connectivity index (χ1v) is 6.83. The molecule has 0 bridgehead atoms. The third-order valence-corrected chi connectivity index (χ3v) is 3.22. The fourth-order valence-corrected chi connectivity index (χ4v) is 2.08. The molecule has 0 aliphatic rings. The molecule has 0 radical (unpaired) electrons. The van der Waals surface area contributed by atoms with Crippen molar-refractivity contribution < 1.29 is 0 Å². The summed E-state index contributed by atoms with van der Waals surface area (Å²) < 4.78 is 0. The van der Waals surface area contributed by atoms with Crippen LogP contribution < -0.4 is 11.1 Å². The van der Waals surface area contributed by atoms with Gasteiger partial charge in [-0.15, -0.1) is 0 Å². The molecule has 0 unspecified atom stereocenters. The average Bonchev–Trinajstić information content (AvgIpc) is 3.03. The lowest BCUT2D eigenvalue weighted by atomic mass is 10.1. The van der Waals surface area contributed by atoms with Crippen molar-refractivity contribution in [3.8, 4) is 0 Å². The first-order valence-electron chi connectivity index (χ1n) is 6.83. The Hall–Kier alpha value is -2.66. The number of H-pyrrole nitrogens is 1. The number of para-hydroxylation sites is 1. The second kappa shape index (κ2) is 6.19. The summed E-state index contributed by atoms with van der Waals surface area (Å²) in [6, 6.07) is 19.5. The van der Waals surface area contributed by atoms with Gasteiger partial charge in [0.2, 0.25) is 0 Å². The molecule has 3 rings (SSSR count). The van der Waals surface area contributed by atoms with Crippen LogP contribution in [0.15, 0.2) is 60.7 Å². The Morgan fingerprint density at radius 3 is 2.38 bits per heavy atom. The van der Waals surface area contributed by atoms with E-state index in [-0.39, 0.29) is 6.04 Å². The number of aromatic amines is 1. The number of hydrogen-bond donors (Lipinski definition) is 3. The fourth-order valence-electron chi connectivity index (χ4n) is 2.08. The predicted molar refractivity (Wildman–Crippen MR) is 82.6 cm³/mol. The van der Waals surface area contributed by atoms with Gasteiger partial charge >= 0.3 is 0 Å². The van der Waals surface area contributed by atoms with Crippen LogP contribution in [0.3, 0.4) is 0 Å². The summed E-state index contributed by atoms with van der Waals surface area (Å²) in [5.74, 6) is 1.37. The van der Waals surface area contributed by atoms with Gasteiger partial charge in [-0.1, -0.05) is 48.5 Å². The van der Waals surface area contributed by atoms with E-state index in [1.165, 1.54) is 0 Å². The van der Waals surface area contributed by atoms with Gasteiger partial charge in [-0.25, -0.2) is 4.98 Å². The molecular formula is C16H17N5. The standard InChI is InChI=1S/C16H17N5/c17-15(12-7-3-1-4-8-12)16-19-14(20-21-16)11-18-13-9-5-2-6-10-13/h1-10,15,18H,11,17H2,(H,19,20,21)/t15-/m1/s1. The van der Waals surface area contributed by atoms with Gasteiger partial charge in [0.15, 0.2) is 5.82 Å². The molecule has 0 amide bonds. The van der Waals surface area contributed by atoms with Crippen LogP contribution in [0.1, 0.15) is 23.3 Å². The summed E-state index contributed by atoms with van der Waals surface area (Å²) in [5.41, 5.74) is 8.21. The maximum absolute atomic E-state index is 6.17. The maximum atomic E-state index is 6.17. The Labute approximate surface area is 123 Å². The molecule has 106 valence electrons. The number of anilines is 1. The number of nitrogens with zero attached hydrogens (tertiary/aromatic N) is 2. The molecule has 0 saturated carbocycles. The van der Waals surface area contributed by atoms with Crippen molar-refractivity contribution in [3.05, 3.63) is 77.9 Å². The fraction of sp³-hybridized carbons (Fsp3) is 0.125. The van der Waals surface area contributed by atoms with Crippen LogP contribution in [0.2, 0.25) is 0 Å². The summed E-state index contributed by atoms with van der Waals surface area (Å²) in [7, 11) is 0. The van der Waals surface area contributed by atoms with Gasteiger partial charge in [0.1, 0.15) is 5.82 Å². The Balaban J connectivity index is 1.66. The van der Waals surface area contributed by atoms with Crippen molar-refractivity contribution in [2.75, 3.05) is 5.32 Å². The van der Waals surface area contributed by atoms with E-state index in [1.54, 1.807) is 0 Å². The van der Waals surface area contributed by atoms with Crippen molar-refractivity contribution >= 4 is 5.69 Å². The molecule has 2 aromatic carbocycles. The zero-order valence-corrected chi connectivity index (χ0v) is 11.5. The number of hydrogen-bond acceptors (Lipinski definition) is 4. The molecular weight excluding hydrogens is 262 g/mol. The van der Waals surface area contributed by atoms with Crippen molar-refractivity contribution in [2.45, 2.75) is 12.6 Å². The zero-order valence-electron chi connectivity index (χ0n) is 11.5. The monoisotopic (exact) mass is 279 g/mol. The van der Waals surface area contributed by atoms with Gasteiger partial charge in [0.25, 0.3) is 0 Å². The molecule has 5 nitrogen and oxygen atoms in total. The molecule has 0 spiro atoms. The quantitative estimate of drug-likeness (QED) is 0.670. The highest BCUT2D eigenvalue weighted by Crippen LogP contribution is 2.15. The van der Waals surface area contributed by atoms with Crippen LogP contribution in [0, 0.1) is 0 Å². The third-order valence-electron chi connectivity index (χ3n) is 3.22. The molecule has 4 N–H and O–H groups in total. The van der Waals surface area contributed by atoms with Gasteiger partial charge in [0.05, 0.1) is 12.6 Å². The van der Waals surface area contributed by atoms with E-state index in [0.717, 1.165) is 17.1 Å². The number of benzene rings is 2. The van der Waals surface area contributed by atoms with Crippen LogP contribution >= 0.6 is 0 Å². The van der Waals surface area contributed by atoms with E-state index in [2.05, 4.69) is 20.5 Å². The van der Waals surface area contributed by atoms with Gasteiger partial charge in [-0.3, -0.25) is 5.10 Å². The number of rotatable bonds is 5. The average molecular weight is 279 g/mol. The predicted octanol–water partition coefficient (Wildman–Crippen LogP) is 2.46. The molecule has 21 heavy (non-hydrogen) atoms. The van der Waals surface area contributed by atoms with Crippen LogP contribution in [-0.2, 0) is 6.54 Å². The van der Waals surface area contributed by atoms with Crippen LogP contribution in [0.5, 0.6) is 0 Å². The Kier molecular flexibility index (Phi) is 3.93. The van der Waals surface area contributed by atoms with Crippen molar-refractivity contribution in [1.82, 2.24) is 15.2 Å². The van der Waals surface area contributed by atoms with Gasteiger partial charge in [-0.2, -0.15) is 5.10 Å². The van der Waals surface area contributed by atoms with Crippen LogP contribution in [0.4, 0.5) is 5.69 Å². The molecule has 0 aliphatic carbocycles. The number of nitrogens with two attached hydrogens (primary N) is 1. The lowest BCUT2D eigenvalue weighted by Crippen LogP contribution is -2.13. The maximum Gasteiger partial charge on any atom is 0.171 e. The first-order chi connectivity index (χ1) is 10.3. The largest absolute Gasteiger partial charge is 0.378 e. The molecule has 3 aromatic rings. The highest BCUT2D eigenvalue weighted by Gasteiger charge is 2.13. The molecule has 1 atom stereocenters. The second-order valence-corrected chi connectivity index (χ2v) is 4.75. The van der Waals surface area contributed by atoms with Gasteiger partial charge in [0, 0.05) is 5.69 Å². The van der Waals surface area contributed by atoms with Crippen molar-refractivity contribution in [3.63, 3.8) is 0 Å². The lowest BCUT2D eigenvalue weighted by molar-refractivity contribution is 0.787. The molecule has 0 aliphatic heterocycles. The molecule has 5 heteroatoms. The van der Waals surface area contributed by atoms with E-state index in [9.17, 15) is 0 Å². The van der Waals surface area contributed by atoms with Gasteiger partial charge in [-0.05, 0) is 17.7 Å². The minimum atomic E-state index is -0.312. The first kappa shape index (κ1) is 13.3. The normalized spacial score (nSPS) is 12.0. The summed E-state index contributed by atoms with van der Waals surface area (Å²) in [4.78, 5) is 4.45. The second-order valence-electron chi connectivity index (χ2n) is 4.75. The van der Waals surface area contributed by atoms with Crippen LogP contribution in [-0.4, -0.2) is 15.2 Å². The summed E-state index contributed by atoms with van der Waals surface area (Å²) in [5, 5.41) is 10.4. The lowest BCUT2D eigenvalue weighted by Gasteiger charge is -2.07. The number of nitrogens with one attached hydrogen (secondary N) is 2. The zero-order chi connectivity index (χ0) is 14.5. The van der Waals surface area contributed by atoms with E-state index in [0.29, 0.717) is 12.4 Å². The third kappa shape index (κ3) is 3.27. The van der Waals surface area contributed by atoms with E-state index in [1.807, 2.05) is 60.7 Å². The van der Waals surface area contributed by atoms with Crippen molar-refractivity contribution in [2.24, 2.45) is 5.73 Å². The minimum Gasteiger partial charge on any atom is -0.378 e. The van der Waals surface area contributed by atoms with E-state index in [4.69, 9.17) is 5.73 Å². The topological polar surface area (TPSA) is 79.6 Å². The molecule has 1 heterocycles. The Morgan fingerprint density at radius 2 is 1.67 bits per heavy atom. The van der Waals surface area contributed by atoms with Crippen LogP contribution in [0.25, 0.3) is 0 Å². The van der Waals surface area contributed by atoms with Crippen molar-refractivity contribution in [1.29, 1.82) is 0 Å². The summed E-state index contributed by atoms with van der Waals surface area (Å²) in [6.45, 7) is 0.582. The van der Waals surface area contributed by atoms with E-state index < -0.39 is 0 Å². The molecule has 0 fully saturated rings. The number of aromatic nitrogens is 3. The molecule has 0 saturated heterocycles. The molecule has 1 aromatic heterocycles. The van der Waals surface area contributed by atoms with Gasteiger partial charge < -0.3 is 11.1 Å². The SMILES string of the molecule is N[C@H](c1ccccc1)c1n[nH]c(CNc2ccccc2)n1. The Bertz CT molecular complexity index is 678. The smallest absolute Gasteiger partial charge is 0.171 e. The van der Waals surface area contributed by atoms with E-state index >= 15 is 0 Å².